The van der Waals surface area contributed by atoms with Crippen LogP contribution in [0.15, 0.2) is 84.9 Å². The standard InChI is InChI=1S/C26H25FN2O2/c27-23-14-8-7-13-21(23)17-29-18-22(16-25(29)30)26(31)28-24(20-11-5-2-6-12-20)15-19-9-3-1-4-10-19/h1-14,22,24H,15-18H2,(H,28,31)/t22-,24-/m1/s1. The third kappa shape index (κ3) is 5.18. The molecule has 1 heterocycles. The molecule has 31 heavy (non-hydrogen) atoms. The molecule has 4 rings (SSSR count). The van der Waals surface area contributed by atoms with Gasteiger partial charge < -0.3 is 10.2 Å². The van der Waals surface area contributed by atoms with Crippen LogP contribution in [-0.4, -0.2) is 23.3 Å². The van der Waals surface area contributed by atoms with E-state index in [-0.39, 0.29) is 36.6 Å². The summed E-state index contributed by atoms with van der Waals surface area (Å²) in [6, 6.07) is 26.1. The van der Waals surface area contributed by atoms with E-state index in [0.717, 1.165) is 11.1 Å². The third-order valence-electron chi connectivity index (χ3n) is 5.71. The lowest BCUT2D eigenvalue weighted by Crippen LogP contribution is -2.36. The third-order valence-corrected chi connectivity index (χ3v) is 5.71. The summed E-state index contributed by atoms with van der Waals surface area (Å²) in [4.78, 5) is 27.1. The molecule has 3 aromatic carbocycles. The number of likely N-dealkylation sites (tertiary alicyclic amines) is 1. The molecule has 0 radical (unpaired) electrons. The summed E-state index contributed by atoms with van der Waals surface area (Å²) in [5.41, 5.74) is 2.61. The number of hydrogen-bond donors (Lipinski definition) is 1. The van der Waals surface area contributed by atoms with Crippen LogP contribution in [-0.2, 0) is 22.6 Å². The molecule has 2 atom stereocenters. The van der Waals surface area contributed by atoms with E-state index >= 15 is 0 Å². The number of hydrogen-bond acceptors (Lipinski definition) is 2. The van der Waals surface area contributed by atoms with Crippen LogP contribution in [0.25, 0.3) is 0 Å². The molecule has 0 aliphatic carbocycles. The summed E-state index contributed by atoms with van der Waals surface area (Å²) >= 11 is 0. The van der Waals surface area contributed by atoms with Crippen molar-refractivity contribution in [2.75, 3.05) is 6.54 Å². The quantitative estimate of drug-likeness (QED) is 0.625. The predicted molar refractivity (Wildman–Crippen MR) is 117 cm³/mol. The van der Waals surface area contributed by atoms with Gasteiger partial charge in [0.2, 0.25) is 11.8 Å². The van der Waals surface area contributed by atoms with Crippen molar-refractivity contribution in [1.82, 2.24) is 10.2 Å². The van der Waals surface area contributed by atoms with E-state index in [1.807, 2.05) is 60.7 Å². The van der Waals surface area contributed by atoms with E-state index < -0.39 is 5.92 Å². The first-order chi connectivity index (χ1) is 15.1. The summed E-state index contributed by atoms with van der Waals surface area (Å²) in [6.07, 6.45) is 0.809. The highest BCUT2D eigenvalue weighted by atomic mass is 19.1. The number of carbonyl (C=O) groups excluding carboxylic acids is 2. The summed E-state index contributed by atoms with van der Waals surface area (Å²) in [6.45, 7) is 0.479. The van der Waals surface area contributed by atoms with Crippen LogP contribution in [0.2, 0.25) is 0 Å². The zero-order valence-electron chi connectivity index (χ0n) is 17.2. The Morgan fingerprint density at radius 1 is 0.968 bits per heavy atom. The van der Waals surface area contributed by atoms with Crippen molar-refractivity contribution >= 4 is 11.8 Å². The monoisotopic (exact) mass is 416 g/mol. The molecular weight excluding hydrogens is 391 g/mol. The molecule has 158 valence electrons. The molecule has 2 amide bonds. The molecule has 4 nitrogen and oxygen atoms in total. The van der Waals surface area contributed by atoms with E-state index in [1.54, 1.807) is 23.1 Å². The minimum atomic E-state index is -0.443. The molecule has 1 N–H and O–H groups in total. The van der Waals surface area contributed by atoms with Crippen LogP contribution < -0.4 is 5.32 Å². The van der Waals surface area contributed by atoms with Crippen molar-refractivity contribution in [1.29, 1.82) is 0 Å². The van der Waals surface area contributed by atoms with Gasteiger partial charge in [-0.1, -0.05) is 78.9 Å². The molecule has 0 bridgehead atoms. The zero-order valence-corrected chi connectivity index (χ0v) is 17.2. The number of benzene rings is 3. The van der Waals surface area contributed by atoms with E-state index in [4.69, 9.17) is 0 Å². The van der Waals surface area contributed by atoms with Gasteiger partial charge >= 0.3 is 0 Å². The van der Waals surface area contributed by atoms with Crippen LogP contribution in [0.1, 0.15) is 29.2 Å². The van der Waals surface area contributed by atoms with Crippen LogP contribution in [0.5, 0.6) is 0 Å². The predicted octanol–water partition coefficient (Wildman–Crippen LogP) is 4.27. The SMILES string of the molecule is O=C(N[C@H](Cc1ccccc1)c1ccccc1)[C@@H]1CC(=O)N(Cc2ccccc2F)C1. The van der Waals surface area contributed by atoms with E-state index in [1.165, 1.54) is 6.07 Å². The van der Waals surface area contributed by atoms with Crippen LogP contribution >= 0.6 is 0 Å². The van der Waals surface area contributed by atoms with Gasteiger partial charge in [0, 0.05) is 25.1 Å². The summed E-state index contributed by atoms with van der Waals surface area (Å²) in [5, 5.41) is 3.15. The Kier molecular flexibility index (Phi) is 6.41. The number of carbonyl (C=O) groups is 2. The van der Waals surface area contributed by atoms with Gasteiger partial charge in [-0.15, -0.1) is 0 Å². The van der Waals surface area contributed by atoms with Crippen LogP contribution in [0.4, 0.5) is 4.39 Å². The minimum absolute atomic E-state index is 0.122. The Hall–Kier alpha value is -3.47. The van der Waals surface area contributed by atoms with Crippen molar-refractivity contribution in [3.63, 3.8) is 0 Å². The molecule has 1 aliphatic rings. The lowest BCUT2D eigenvalue weighted by atomic mass is 9.97. The number of halogens is 1. The summed E-state index contributed by atoms with van der Waals surface area (Å²) in [5.74, 6) is -1.05. The number of rotatable bonds is 7. The second-order valence-electron chi connectivity index (χ2n) is 7.93. The van der Waals surface area contributed by atoms with Crippen LogP contribution in [0.3, 0.4) is 0 Å². The molecule has 3 aromatic rings. The highest BCUT2D eigenvalue weighted by Gasteiger charge is 2.35. The van der Waals surface area contributed by atoms with Crippen molar-refractivity contribution < 1.29 is 14.0 Å². The zero-order chi connectivity index (χ0) is 21.6. The average molecular weight is 416 g/mol. The molecule has 5 heteroatoms. The van der Waals surface area contributed by atoms with Crippen molar-refractivity contribution in [3.8, 4) is 0 Å². The van der Waals surface area contributed by atoms with Crippen molar-refractivity contribution in [3.05, 3.63) is 107 Å². The molecule has 0 spiro atoms. The van der Waals surface area contributed by atoms with Gasteiger partial charge in [0.05, 0.1) is 12.0 Å². The largest absolute Gasteiger partial charge is 0.349 e. The van der Waals surface area contributed by atoms with Gasteiger partial charge in [-0.2, -0.15) is 0 Å². The van der Waals surface area contributed by atoms with Gasteiger partial charge in [0.1, 0.15) is 5.82 Å². The highest BCUT2D eigenvalue weighted by Crippen LogP contribution is 2.24. The maximum atomic E-state index is 14.0. The molecule has 0 saturated carbocycles. The normalized spacial score (nSPS) is 16.9. The Balaban J connectivity index is 1.45. The van der Waals surface area contributed by atoms with Gasteiger partial charge in [0.15, 0.2) is 0 Å². The fourth-order valence-electron chi connectivity index (χ4n) is 4.01. The first kappa shape index (κ1) is 20.8. The van der Waals surface area contributed by atoms with E-state index in [9.17, 15) is 14.0 Å². The summed E-state index contributed by atoms with van der Waals surface area (Å²) < 4.78 is 14.0. The van der Waals surface area contributed by atoms with Gasteiger partial charge in [-0.25, -0.2) is 4.39 Å². The first-order valence-corrected chi connectivity index (χ1v) is 10.5. The highest BCUT2D eigenvalue weighted by molar-refractivity contribution is 5.89. The van der Waals surface area contributed by atoms with Gasteiger partial charge in [-0.3, -0.25) is 9.59 Å². The Morgan fingerprint density at radius 3 is 2.32 bits per heavy atom. The Labute approximate surface area is 181 Å². The lowest BCUT2D eigenvalue weighted by Gasteiger charge is -2.22. The molecule has 1 saturated heterocycles. The maximum absolute atomic E-state index is 14.0. The first-order valence-electron chi connectivity index (χ1n) is 10.5. The van der Waals surface area contributed by atoms with Crippen LogP contribution in [0, 0.1) is 11.7 Å². The number of amides is 2. The number of nitrogens with one attached hydrogen (secondary N) is 1. The van der Waals surface area contributed by atoms with E-state index in [0.29, 0.717) is 18.5 Å². The number of nitrogens with zero attached hydrogens (tertiary/aromatic N) is 1. The topological polar surface area (TPSA) is 49.4 Å². The smallest absolute Gasteiger partial charge is 0.225 e. The second kappa shape index (κ2) is 9.56. The lowest BCUT2D eigenvalue weighted by molar-refractivity contribution is -0.129. The van der Waals surface area contributed by atoms with Gasteiger partial charge in [0.25, 0.3) is 0 Å². The summed E-state index contributed by atoms with van der Waals surface area (Å²) in [7, 11) is 0. The van der Waals surface area contributed by atoms with Crippen molar-refractivity contribution in [2.24, 2.45) is 5.92 Å². The molecule has 0 aromatic heterocycles. The fraction of sp³-hybridized carbons (Fsp3) is 0.231. The average Bonchev–Trinajstić information content (AvgIpc) is 3.16. The molecule has 1 aliphatic heterocycles. The van der Waals surface area contributed by atoms with Crippen molar-refractivity contribution in [2.45, 2.75) is 25.4 Å². The Morgan fingerprint density at radius 2 is 1.61 bits per heavy atom. The molecular formula is C26H25FN2O2. The second-order valence-corrected chi connectivity index (χ2v) is 7.93. The minimum Gasteiger partial charge on any atom is -0.349 e. The maximum Gasteiger partial charge on any atom is 0.225 e. The fourth-order valence-corrected chi connectivity index (χ4v) is 4.01. The van der Waals surface area contributed by atoms with Gasteiger partial charge in [-0.05, 0) is 23.6 Å². The molecule has 0 unspecified atom stereocenters. The molecule has 1 fully saturated rings. The Bertz CT molecular complexity index is 1040. The van der Waals surface area contributed by atoms with E-state index in [2.05, 4.69) is 5.32 Å².